The second kappa shape index (κ2) is 10.7. The molecule has 0 aliphatic heterocycles. The Morgan fingerprint density at radius 2 is 1.62 bits per heavy atom. The van der Waals surface area contributed by atoms with Gasteiger partial charge in [0.05, 0.1) is 6.10 Å². The first-order valence-electron chi connectivity index (χ1n) is 8.63. The van der Waals surface area contributed by atoms with Crippen LogP contribution in [-0.4, -0.2) is 12.1 Å². The third-order valence-electron chi connectivity index (χ3n) is 3.76. The average Bonchev–Trinajstić information content (AvgIpc) is 2.46. The quantitative estimate of drug-likeness (QED) is 0.576. The van der Waals surface area contributed by atoms with Gasteiger partial charge in [-0.05, 0) is 57.2 Å². The van der Waals surface area contributed by atoms with E-state index in [1.807, 2.05) is 0 Å². The van der Waals surface area contributed by atoms with Crippen LogP contribution in [-0.2, 0) is 6.42 Å². The Morgan fingerprint density at radius 3 is 2.24 bits per heavy atom. The standard InChI is InChI=1S/C19H33NO/c1-4-5-10-18(20)11-8-6-7-9-17-12-14-19(15-13-17)21-16(2)3/h12-16,18H,4-11,20H2,1-3H3. The number of nitrogens with two attached hydrogens (primary N) is 1. The van der Waals surface area contributed by atoms with Crippen LogP contribution in [0.1, 0.15) is 71.3 Å². The van der Waals surface area contributed by atoms with E-state index in [4.69, 9.17) is 10.5 Å². The van der Waals surface area contributed by atoms with Gasteiger partial charge < -0.3 is 10.5 Å². The topological polar surface area (TPSA) is 35.2 Å². The van der Waals surface area contributed by atoms with E-state index in [0.717, 1.165) is 12.2 Å². The van der Waals surface area contributed by atoms with E-state index in [0.29, 0.717) is 6.04 Å². The first-order valence-corrected chi connectivity index (χ1v) is 8.63. The first kappa shape index (κ1) is 18.0. The lowest BCUT2D eigenvalue weighted by Gasteiger charge is -2.11. The largest absolute Gasteiger partial charge is 0.491 e. The van der Waals surface area contributed by atoms with Crippen molar-refractivity contribution in [1.82, 2.24) is 0 Å². The Kier molecular flexibility index (Phi) is 9.16. The molecule has 1 aromatic carbocycles. The van der Waals surface area contributed by atoms with Crippen LogP contribution < -0.4 is 10.5 Å². The van der Waals surface area contributed by atoms with Crippen molar-refractivity contribution in [3.8, 4) is 5.75 Å². The van der Waals surface area contributed by atoms with Crippen LogP contribution in [0.5, 0.6) is 5.75 Å². The molecule has 0 bridgehead atoms. The predicted octanol–water partition coefficient (Wildman–Crippen LogP) is 5.09. The van der Waals surface area contributed by atoms with Crippen LogP contribution in [0.25, 0.3) is 0 Å². The highest BCUT2D eigenvalue weighted by Gasteiger charge is 2.02. The van der Waals surface area contributed by atoms with Gasteiger partial charge >= 0.3 is 0 Å². The predicted molar refractivity (Wildman–Crippen MR) is 91.9 cm³/mol. The number of aryl methyl sites for hydroxylation is 1. The Hall–Kier alpha value is -1.02. The van der Waals surface area contributed by atoms with Crippen LogP contribution in [0.4, 0.5) is 0 Å². The minimum absolute atomic E-state index is 0.243. The van der Waals surface area contributed by atoms with Crippen molar-refractivity contribution >= 4 is 0 Å². The molecule has 0 radical (unpaired) electrons. The maximum Gasteiger partial charge on any atom is 0.119 e. The number of hydrogen-bond acceptors (Lipinski definition) is 2. The van der Waals surface area contributed by atoms with E-state index in [-0.39, 0.29) is 6.10 Å². The Labute approximate surface area is 131 Å². The fourth-order valence-electron chi connectivity index (χ4n) is 2.53. The molecular weight excluding hydrogens is 258 g/mol. The summed E-state index contributed by atoms with van der Waals surface area (Å²) in [5.74, 6) is 0.968. The molecule has 0 aromatic heterocycles. The highest BCUT2D eigenvalue weighted by molar-refractivity contribution is 5.27. The maximum atomic E-state index is 6.10. The lowest BCUT2D eigenvalue weighted by atomic mass is 10.0. The van der Waals surface area contributed by atoms with Crippen molar-refractivity contribution in [3.63, 3.8) is 0 Å². The molecular formula is C19H33NO. The summed E-state index contributed by atoms with van der Waals surface area (Å²) in [5.41, 5.74) is 7.50. The second-order valence-corrected chi connectivity index (χ2v) is 6.31. The SMILES string of the molecule is CCCCC(N)CCCCCc1ccc(OC(C)C)cc1. The van der Waals surface area contributed by atoms with Crippen molar-refractivity contribution in [2.45, 2.75) is 84.3 Å². The third-order valence-corrected chi connectivity index (χ3v) is 3.76. The Morgan fingerprint density at radius 1 is 0.952 bits per heavy atom. The molecule has 0 amide bonds. The van der Waals surface area contributed by atoms with Gasteiger partial charge in [-0.25, -0.2) is 0 Å². The summed E-state index contributed by atoms with van der Waals surface area (Å²) in [6.45, 7) is 6.34. The number of unbranched alkanes of at least 4 members (excludes halogenated alkanes) is 3. The number of ether oxygens (including phenoxy) is 1. The summed E-state index contributed by atoms with van der Waals surface area (Å²) < 4.78 is 5.66. The van der Waals surface area contributed by atoms with E-state index in [1.54, 1.807) is 0 Å². The van der Waals surface area contributed by atoms with Gasteiger partial charge in [0.1, 0.15) is 5.75 Å². The van der Waals surface area contributed by atoms with Gasteiger partial charge in [0.15, 0.2) is 0 Å². The zero-order valence-electron chi connectivity index (χ0n) is 14.1. The fraction of sp³-hybridized carbons (Fsp3) is 0.684. The molecule has 2 heteroatoms. The summed E-state index contributed by atoms with van der Waals surface area (Å²) in [7, 11) is 0. The lowest BCUT2D eigenvalue weighted by Crippen LogP contribution is -2.19. The van der Waals surface area contributed by atoms with Gasteiger partial charge in [0.2, 0.25) is 0 Å². The molecule has 0 heterocycles. The molecule has 0 spiro atoms. The molecule has 21 heavy (non-hydrogen) atoms. The van der Waals surface area contributed by atoms with E-state index >= 15 is 0 Å². The molecule has 0 aliphatic rings. The van der Waals surface area contributed by atoms with E-state index in [2.05, 4.69) is 45.0 Å². The van der Waals surface area contributed by atoms with Crippen molar-refractivity contribution in [1.29, 1.82) is 0 Å². The molecule has 1 atom stereocenters. The van der Waals surface area contributed by atoms with Crippen molar-refractivity contribution in [3.05, 3.63) is 29.8 Å². The average molecular weight is 291 g/mol. The minimum atomic E-state index is 0.243. The van der Waals surface area contributed by atoms with Gasteiger partial charge in [-0.1, -0.05) is 44.7 Å². The molecule has 2 N–H and O–H groups in total. The second-order valence-electron chi connectivity index (χ2n) is 6.31. The number of hydrogen-bond donors (Lipinski definition) is 1. The van der Waals surface area contributed by atoms with Crippen LogP contribution in [0.3, 0.4) is 0 Å². The zero-order chi connectivity index (χ0) is 15.5. The van der Waals surface area contributed by atoms with Gasteiger partial charge in [0, 0.05) is 6.04 Å². The Balaban J connectivity index is 2.12. The summed E-state index contributed by atoms with van der Waals surface area (Å²) in [5, 5.41) is 0. The van der Waals surface area contributed by atoms with Crippen LogP contribution in [0.2, 0.25) is 0 Å². The van der Waals surface area contributed by atoms with Gasteiger partial charge in [-0.15, -0.1) is 0 Å². The van der Waals surface area contributed by atoms with Gasteiger partial charge in [-0.3, -0.25) is 0 Å². The van der Waals surface area contributed by atoms with Crippen LogP contribution in [0, 0.1) is 0 Å². The van der Waals surface area contributed by atoms with E-state index in [1.165, 1.54) is 50.5 Å². The highest BCUT2D eigenvalue weighted by atomic mass is 16.5. The summed E-state index contributed by atoms with van der Waals surface area (Å²) in [6, 6.07) is 8.94. The van der Waals surface area contributed by atoms with Gasteiger partial charge in [0.25, 0.3) is 0 Å². The van der Waals surface area contributed by atoms with Crippen molar-refractivity contribution < 1.29 is 4.74 Å². The fourth-order valence-corrected chi connectivity index (χ4v) is 2.53. The molecule has 1 unspecified atom stereocenters. The molecule has 0 saturated heterocycles. The maximum absolute atomic E-state index is 6.10. The summed E-state index contributed by atoms with van der Waals surface area (Å²) in [6.07, 6.45) is 10.1. The van der Waals surface area contributed by atoms with Crippen LogP contribution in [0.15, 0.2) is 24.3 Å². The molecule has 120 valence electrons. The van der Waals surface area contributed by atoms with Gasteiger partial charge in [-0.2, -0.15) is 0 Å². The van der Waals surface area contributed by atoms with Crippen molar-refractivity contribution in [2.75, 3.05) is 0 Å². The molecule has 0 aliphatic carbocycles. The molecule has 1 aromatic rings. The smallest absolute Gasteiger partial charge is 0.119 e. The van der Waals surface area contributed by atoms with E-state index < -0.39 is 0 Å². The zero-order valence-corrected chi connectivity index (χ0v) is 14.1. The lowest BCUT2D eigenvalue weighted by molar-refractivity contribution is 0.242. The van der Waals surface area contributed by atoms with E-state index in [9.17, 15) is 0 Å². The summed E-state index contributed by atoms with van der Waals surface area (Å²) in [4.78, 5) is 0. The third kappa shape index (κ3) is 8.77. The molecule has 2 nitrogen and oxygen atoms in total. The van der Waals surface area contributed by atoms with Crippen molar-refractivity contribution in [2.24, 2.45) is 5.73 Å². The van der Waals surface area contributed by atoms with Crippen LogP contribution >= 0.6 is 0 Å². The monoisotopic (exact) mass is 291 g/mol. The number of rotatable bonds is 11. The Bertz CT molecular complexity index is 358. The highest BCUT2D eigenvalue weighted by Crippen LogP contribution is 2.16. The summed E-state index contributed by atoms with van der Waals surface area (Å²) >= 11 is 0. The first-order chi connectivity index (χ1) is 10.1. The normalized spacial score (nSPS) is 12.6. The molecule has 1 rings (SSSR count). The number of benzene rings is 1. The molecule has 0 fully saturated rings. The molecule has 0 saturated carbocycles. The minimum Gasteiger partial charge on any atom is -0.491 e.